The van der Waals surface area contributed by atoms with Crippen LogP contribution in [0.5, 0.6) is 0 Å². The number of oxazole rings is 1. The Balaban J connectivity index is 1.73. The van der Waals surface area contributed by atoms with Crippen LogP contribution in [0.1, 0.15) is 5.82 Å². The van der Waals surface area contributed by atoms with Crippen LogP contribution in [-0.4, -0.2) is 25.1 Å². The summed E-state index contributed by atoms with van der Waals surface area (Å²) in [6, 6.07) is 7.39. The Morgan fingerprint density at radius 1 is 1.33 bits per heavy atom. The lowest BCUT2D eigenvalue weighted by Gasteiger charge is -2.03. The van der Waals surface area contributed by atoms with Crippen LogP contribution in [0.25, 0.3) is 11.1 Å². The molecule has 0 aliphatic rings. The SMILES string of the molecule is Cn1c(CN)nnc1SCCn1c(=O)oc2ccccc21. The molecule has 0 aliphatic carbocycles. The summed E-state index contributed by atoms with van der Waals surface area (Å²) in [7, 11) is 1.88. The van der Waals surface area contributed by atoms with Gasteiger partial charge in [-0.15, -0.1) is 10.2 Å². The number of nitrogens with zero attached hydrogens (tertiary/aromatic N) is 4. The van der Waals surface area contributed by atoms with Gasteiger partial charge in [-0.05, 0) is 12.1 Å². The molecule has 0 unspecified atom stereocenters. The Bertz CT molecular complexity index is 819. The average Bonchev–Trinajstić information content (AvgIpc) is 3.00. The second-order valence-corrected chi connectivity index (χ2v) is 5.56. The minimum absolute atomic E-state index is 0.336. The minimum atomic E-state index is -0.336. The van der Waals surface area contributed by atoms with Crippen molar-refractivity contribution < 1.29 is 4.42 Å². The molecular formula is C13H15N5O2S. The van der Waals surface area contributed by atoms with E-state index in [1.54, 1.807) is 10.6 Å². The summed E-state index contributed by atoms with van der Waals surface area (Å²) in [5.74, 6) is 1.10. The Labute approximate surface area is 124 Å². The van der Waals surface area contributed by atoms with Gasteiger partial charge in [0.2, 0.25) is 0 Å². The Morgan fingerprint density at radius 2 is 2.14 bits per heavy atom. The van der Waals surface area contributed by atoms with E-state index in [-0.39, 0.29) is 5.76 Å². The maximum absolute atomic E-state index is 11.8. The maximum Gasteiger partial charge on any atom is 0.419 e. The van der Waals surface area contributed by atoms with E-state index in [2.05, 4.69) is 10.2 Å². The highest BCUT2D eigenvalue weighted by molar-refractivity contribution is 7.99. The smallest absolute Gasteiger partial charge is 0.408 e. The monoisotopic (exact) mass is 305 g/mol. The van der Waals surface area contributed by atoms with Crippen LogP contribution in [0.15, 0.2) is 38.6 Å². The third kappa shape index (κ3) is 2.59. The van der Waals surface area contributed by atoms with Crippen molar-refractivity contribution in [2.45, 2.75) is 18.2 Å². The summed E-state index contributed by atoms with van der Waals surface area (Å²) in [6.45, 7) is 0.904. The molecule has 2 aromatic heterocycles. The fourth-order valence-electron chi connectivity index (χ4n) is 2.10. The van der Waals surface area contributed by atoms with Crippen molar-refractivity contribution in [2.24, 2.45) is 12.8 Å². The summed E-state index contributed by atoms with van der Waals surface area (Å²) in [4.78, 5) is 11.8. The highest BCUT2D eigenvalue weighted by Crippen LogP contribution is 2.17. The highest BCUT2D eigenvalue weighted by Gasteiger charge is 2.10. The lowest BCUT2D eigenvalue weighted by molar-refractivity contribution is 0.514. The Hall–Kier alpha value is -2.06. The Kier molecular flexibility index (Phi) is 3.80. The van der Waals surface area contributed by atoms with Gasteiger partial charge in [0, 0.05) is 19.3 Å². The van der Waals surface area contributed by atoms with Gasteiger partial charge >= 0.3 is 5.76 Å². The van der Waals surface area contributed by atoms with Gasteiger partial charge in [-0.1, -0.05) is 23.9 Å². The molecule has 0 atom stereocenters. The largest absolute Gasteiger partial charge is 0.419 e. The van der Waals surface area contributed by atoms with Gasteiger partial charge in [-0.25, -0.2) is 4.79 Å². The van der Waals surface area contributed by atoms with E-state index in [4.69, 9.17) is 10.2 Å². The van der Waals surface area contributed by atoms with Gasteiger partial charge in [-0.2, -0.15) is 0 Å². The first-order valence-corrected chi connectivity index (χ1v) is 7.49. The Morgan fingerprint density at radius 3 is 2.90 bits per heavy atom. The number of nitrogens with two attached hydrogens (primary N) is 1. The number of benzene rings is 1. The summed E-state index contributed by atoms with van der Waals surface area (Å²) in [5, 5.41) is 8.86. The summed E-state index contributed by atoms with van der Waals surface area (Å²) < 4.78 is 8.69. The molecule has 1 aromatic carbocycles. The predicted octanol–water partition coefficient (Wildman–Crippen LogP) is 0.974. The second kappa shape index (κ2) is 5.74. The zero-order chi connectivity index (χ0) is 14.8. The molecule has 0 saturated carbocycles. The first-order chi connectivity index (χ1) is 10.2. The van der Waals surface area contributed by atoms with Gasteiger partial charge in [0.15, 0.2) is 10.7 Å². The van der Waals surface area contributed by atoms with E-state index >= 15 is 0 Å². The number of para-hydroxylation sites is 2. The molecule has 3 rings (SSSR count). The van der Waals surface area contributed by atoms with Gasteiger partial charge in [0.05, 0.1) is 12.1 Å². The van der Waals surface area contributed by atoms with Crippen LogP contribution >= 0.6 is 11.8 Å². The van der Waals surface area contributed by atoms with Crippen LogP contribution in [0.2, 0.25) is 0 Å². The van der Waals surface area contributed by atoms with E-state index in [1.807, 2.05) is 29.8 Å². The first-order valence-electron chi connectivity index (χ1n) is 6.50. The van der Waals surface area contributed by atoms with Gasteiger partial charge in [-0.3, -0.25) is 4.57 Å². The summed E-state index contributed by atoms with van der Waals surface area (Å²) in [6.07, 6.45) is 0. The van der Waals surface area contributed by atoms with E-state index < -0.39 is 0 Å². The van der Waals surface area contributed by atoms with Crippen LogP contribution in [0.4, 0.5) is 0 Å². The van der Waals surface area contributed by atoms with Crippen molar-refractivity contribution >= 4 is 22.9 Å². The van der Waals surface area contributed by atoms with E-state index in [1.165, 1.54) is 11.8 Å². The number of hydrogen-bond acceptors (Lipinski definition) is 6. The maximum atomic E-state index is 11.8. The molecule has 2 N–H and O–H groups in total. The van der Waals surface area contributed by atoms with Crippen LogP contribution in [0, 0.1) is 0 Å². The quantitative estimate of drug-likeness (QED) is 0.706. The molecule has 0 bridgehead atoms. The van der Waals surface area contributed by atoms with Crippen molar-refractivity contribution in [2.75, 3.05) is 5.75 Å². The molecule has 0 radical (unpaired) electrons. The van der Waals surface area contributed by atoms with Crippen molar-refractivity contribution in [3.63, 3.8) is 0 Å². The number of aromatic nitrogens is 4. The first kappa shape index (κ1) is 13.9. The average molecular weight is 305 g/mol. The summed E-state index contributed by atoms with van der Waals surface area (Å²) in [5.41, 5.74) is 6.98. The van der Waals surface area contributed by atoms with Crippen LogP contribution in [-0.2, 0) is 20.1 Å². The van der Waals surface area contributed by atoms with E-state index in [9.17, 15) is 4.79 Å². The molecule has 0 aliphatic heterocycles. The zero-order valence-corrected chi connectivity index (χ0v) is 12.3. The standard InChI is InChI=1S/C13H15N5O2S/c1-17-11(8-14)15-16-12(17)21-7-6-18-9-4-2-3-5-10(9)20-13(18)19/h2-5H,6-8,14H2,1H3. The predicted molar refractivity (Wildman–Crippen MR) is 80.1 cm³/mol. The number of hydrogen-bond donors (Lipinski definition) is 1. The zero-order valence-electron chi connectivity index (χ0n) is 11.5. The van der Waals surface area contributed by atoms with Crippen molar-refractivity contribution in [3.8, 4) is 0 Å². The van der Waals surface area contributed by atoms with Gasteiger partial charge in [0.25, 0.3) is 0 Å². The fourth-order valence-corrected chi connectivity index (χ4v) is 2.96. The number of thioether (sulfide) groups is 1. The molecule has 21 heavy (non-hydrogen) atoms. The molecule has 0 amide bonds. The molecule has 3 aromatic rings. The van der Waals surface area contributed by atoms with Crippen molar-refractivity contribution in [3.05, 3.63) is 40.6 Å². The second-order valence-electron chi connectivity index (χ2n) is 4.50. The van der Waals surface area contributed by atoms with Gasteiger partial charge in [0.1, 0.15) is 5.82 Å². The van der Waals surface area contributed by atoms with E-state index in [0.717, 1.165) is 16.5 Å². The normalized spacial score (nSPS) is 11.3. The highest BCUT2D eigenvalue weighted by atomic mass is 32.2. The molecular weight excluding hydrogens is 290 g/mol. The van der Waals surface area contributed by atoms with E-state index in [0.29, 0.717) is 24.4 Å². The molecule has 0 spiro atoms. The summed E-state index contributed by atoms with van der Waals surface area (Å²) >= 11 is 1.53. The molecule has 2 heterocycles. The minimum Gasteiger partial charge on any atom is -0.408 e. The van der Waals surface area contributed by atoms with Crippen LogP contribution < -0.4 is 11.5 Å². The van der Waals surface area contributed by atoms with Gasteiger partial charge < -0.3 is 14.7 Å². The van der Waals surface area contributed by atoms with Crippen molar-refractivity contribution in [1.82, 2.24) is 19.3 Å². The lowest BCUT2D eigenvalue weighted by Crippen LogP contribution is -2.15. The fraction of sp³-hybridized carbons (Fsp3) is 0.308. The number of aryl methyl sites for hydroxylation is 1. The number of rotatable bonds is 5. The molecule has 110 valence electrons. The topological polar surface area (TPSA) is 91.9 Å². The van der Waals surface area contributed by atoms with Crippen LogP contribution in [0.3, 0.4) is 0 Å². The van der Waals surface area contributed by atoms with Crippen molar-refractivity contribution in [1.29, 1.82) is 0 Å². The lowest BCUT2D eigenvalue weighted by atomic mass is 10.3. The molecule has 0 saturated heterocycles. The third-order valence-corrected chi connectivity index (χ3v) is 4.23. The molecule has 8 heteroatoms. The third-order valence-electron chi connectivity index (χ3n) is 3.23. The molecule has 0 fully saturated rings. The molecule has 7 nitrogen and oxygen atoms in total. The number of fused-ring (bicyclic) bond motifs is 1.